The molecule has 84 heavy (non-hydrogen) atoms. The number of unbranched alkanes of at least 4 members (excludes halogenated alkanes) is 26. The molecular formula is C74H112N2O4S4. The molecule has 2 amide bonds. The molecule has 6 heterocycles. The molecule has 2 atom stereocenters. The van der Waals surface area contributed by atoms with Gasteiger partial charge >= 0.3 is 0 Å². The molecule has 10 heteroatoms. The van der Waals surface area contributed by atoms with E-state index in [1.54, 1.807) is 22.7 Å². The molecule has 2 unspecified atom stereocenters. The van der Waals surface area contributed by atoms with E-state index in [1.165, 1.54) is 192 Å². The molecule has 5 aromatic rings. The van der Waals surface area contributed by atoms with E-state index >= 15 is 9.59 Å². The van der Waals surface area contributed by atoms with E-state index in [2.05, 4.69) is 102 Å². The van der Waals surface area contributed by atoms with Crippen LogP contribution in [0.25, 0.3) is 41.1 Å². The van der Waals surface area contributed by atoms with Gasteiger partial charge in [-0.25, -0.2) is 0 Å². The van der Waals surface area contributed by atoms with E-state index in [9.17, 15) is 0 Å². The summed E-state index contributed by atoms with van der Waals surface area (Å²) in [6.07, 6.45) is 44.5. The van der Waals surface area contributed by atoms with Crippen LogP contribution >= 0.6 is 45.3 Å². The van der Waals surface area contributed by atoms with E-state index in [-0.39, 0.29) is 11.8 Å². The van der Waals surface area contributed by atoms with Crippen LogP contribution in [-0.4, -0.2) is 47.9 Å². The SMILES string of the molecule is CCCCCCCCCCCCOc1c2cc(-c3ccc(C4=C5C(=C(c6ccc(C)s6)C(=O)N5CC(CCCC)CCCCCC)N(CC(CCCC)CCCCCC)C4=O)s3)sc2c(OCCCCCCCCCCCC)c2cc(C)sc12. The Bertz CT molecular complexity index is 2720. The Balaban J connectivity index is 1.26. The van der Waals surface area contributed by atoms with Crippen LogP contribution in [0.3, 0.4) is 0 Å². The number of aryl methyl sites for hydroxylation is 2. The number of thiophene rings is 4. The van der Waals surface area contributed by atoms with Gasteiger partial charge in [0.05, 0.1) is 45.2 Å². The van der Waals surface area contributed by atoms with Crippen LogP contribution in [-0.2, 0) is 9.59 Å². The number of fused-ring (bicyclic) bond motifs is 3. The second-order valence-corrected chi connectivity index (χ2v) is 29.9. The zero-order valence-electron chi connectivity index (χ0n) is 54.1. The lowest BCUT2D eigenvalue weighted by atomic mass is 9.94. The Kier molecular flexibility index (Phi) is 30.3. The van der Waals surface area contributed by atoms with Crippen molar-refractivity contribution < 1.29 is 19.1 Å². The largest absolute Gasteiger partial charge is 0.491 e. The number of ether oxygens (including phenoxy) is 2. The minimum atomic E-state index is 0.0667. The normalized spacial score (nSPS) is 14.5. The molecule has 0 bridgehead atoms. The summed E-state index contributed by atoms with van der Waals surface area (Å²) >= 11 is 7.07. The summed E-state index contributed by atoms with van der Waals surface area (Å²) in [6, 6.07) is 13.4. The maximum atomic E-state index is 15.9. The summed E-state index contributed by atoms with van der Waals surface area (Å²) in [7, 11) is 0. The second-order valence-electron chi connectivity index (χ2n) is 25.2. The fourth-order valence-electron chi connectivity index (χ4n) is 13.0. The number of rotatable bonds is 47. The van der Waals surface area contributed by atoms with Gasteiger partial charge in [0.15, 0.2) is 0 Å². The van der Waals surface area contributed by atoms with Crippen molar-refractivity contribution in [2.24, 2.45) is 11.8 Å². The Labute approximate surface area is 527 Å². The Morgan fingerprint density at radius 2 is 0.738 bits per heavy atom. The summed E-state index contributed by atoms with van der Waals surface area (Å²) in [5.41, 5.74) is 3.19. The first-order valence-corrected chi connectivity index (χ1v) is 38.0. The number of benzene rings is 1. The molecule has 1 aromatic carbocycles. The van der Waals surface area contributed by atoms with Crippen molar-refractivity contribution in [3.63, 3.8) is 0 Å². The summed E-state index contributed by atoms with van der Waals surface area (Å²) in [4.78, 5) is 42.4. The molecule has 0 spiro atoms. The first kappa shape index (κ1) is 68.1. The van der Waals surface area contributed by atoms with Crippen molar-refractivity contribution >= 4 is 88.5 Å². The van der Waals surface area contributed by atoms with Crippen molar-refractivity contribution in [2.75, 3.05) is 26.3 Å². The van der Waals surface area contributed by atoms with Crippen LogP contribution in [0.2, 0.25) is 0 Å². The van der Waals surface area contributed by atoms with Gasteiger partial charge in [-0.05, 0) is 101 Å². The zero-order chi connectivity index (χ0) is 59.5. The predicted molar refractivity (Wildman–Crippen MR) is 370 cm³/mol. The van der Waals surface area contributed by atoms with Gasteiger partial charge in [-0.1, -0.05) is 234 Å². The van der Waals surface area contributed by atoms with Crippen molar-refractivity contribution in [1.82, 2.24) is 9.80 Å². The van der Waals surface area contributed by atoms with Gasteiger partial charge in [-0.15, -0.1) is 45.3 Å². The molecule has 0 fully saturated rings. The summed E-state index contributed by atoms with van der Waals surface area (Å²) < 4.78 is 16.4. The Hall–Kier alpha value is -3.44. The highest BCUT2D eigenvalue weighted by Gasteiger charge is 2.50. The highest BCUT2D eigenvalue weighted by Crippen LogP contribution is 2.54. The highest BCUT2D eigenvalue weighted by atomic mass is 32.1. The van der Waals surface area contributed by atoms with Gasteiger partial charge in [-0.2, -0.15) is 0 Å². The van der Waals surface area contributed by atoms with Crippen LogP contribution in [0.1, 0.15) is 292 Å². The molecule has 0 N–H and O–H groups in total. The van der Waals surface area contributed by atoms with Crippen LogP contribution in [0.4, 0.5) is 0 Å². The maximum Gasteiger partial charge on any atom is 0.262 e. The molecule has 2 aliphatic rings. The van der Waals surface area contributed by atoms with E-state index in [1.807, 2.05) is 22.7 Å². The minimum absolute atomic E-state index is 0.0667. The third-order valence-electron chi connectivity index (χ3n) is 18.0. The number of amides is 2. The molecule has 0 saturated heterocycles. The van der Waals surface area contributed by atoms with Gasteiger partial charge in [0.2, 0.25) is 0 Å². The van der Waals surface area contributed by atoms with Crippen molar-refractivity contribution in [3.8, 4) is 21.3 Å². The third kappa shape index (κ3) is 19.3. The standard InChI is InChI=1S/C74H112N2O4S4/c1-9-15-21-25-27-29-31-33-35-39-49-79-69-59-51-56(8)82-71(59)70(80-50-40-36-34-32-30-28-26-22-16-10-2)60-52-64(84-72(60)69)61-47-48-63(83-61)66-68-67(75(74(66)78)53-57(41-19-13-5)43-37-23-17-11-3)65(62-46-45-55(7)81-62)73(77)76(68)54-58(42-20-14-6)44-38-24-18-12-4/h45-48,51-52,57-58H,9-44,49-50,53-54H2,1-8H3. The summed E-state index contributed by atoms with van der Waals surface area (Å²) in [6.45, 7) is 20.8. The topological polar surface area (TPSA) is 59.1 Å². The smallest absolute Gasteiger partial charge is 0.262 e. The molecule has 0 aliphatic carbocycles. The highest BCUT2D eigenvalue weighted by molar-refractivity contribution is 7.27. The Morgan fingerprint density at radius 1 is 0.369 bits per heavy atom. The molecule has 4 aromatic heterocycles. The Morgan fingerprint density at radius 3 is 1.18 bits per heavy atom. The molecule has 0 radical (unpaired) electrons. The number of carbonyl (C=O) groups excluding carboxylic acids is 2. The lowest BCUT2D eigenvalue weighted by molar-refractivity contribution is -0.123. The fraction of sp³-hybridized carbons (Fsp3) is 0.676. The zero-order valence-corrected chi connectivity index (χ0v) is 57.3. The van der Waals surface area contributed by atoms with Crippen LogP contribution in [0, 0.1) is 25.7 Å². The number of hydrogen-bond donors (Lipinski definition) is 0. The fourth-order valence-corrected chi connectivity index (χ4v) is 17.3. The van der Waals surface area contributed by atoms with E-state index in [4.69, 9.17) is 9.47 Å². The molecule has 0 saturated carbocycles. The average Bonchev–Trinajstić information content (AvgIpc) is 3.02. The van der Waals surface area contributed by atoms with Crippen molar-refractivity contribution in [3.05, 3.63) is 67.3 Å². The van der Waals surface area contributed by atoms with Gasteiger partial charge in [-0.3, -0.25) is 9.59 Å². The van der Waals surface area contributed by atoms with Gasteiger partial charge in [0.1, 0.15) is 11.5 Å². The molecular weight excluding hydrogens is 1110 g/mol. The van der Waals surface area contributed by atoms with Crippen LogP contribution in [0.15, 0.2) is 47.8 Å². The van der Waals surface area contributed by atoms with E-state index in [0.29, 0.717) is 38.1 Å². The second kappa shape index (κ2) is 37.4. The van der Waals surface area contributed by atoms with Gasteiger partial charge in [0, 0.05) is 53.1 Å². The van der Waals surface area contributed by atoms with Crippen LogP contribution in [0.5, 0.6) is 11.5 Å². The summed E-state index contributed by atoms with van der Waals surface area (Å²) in [5.74, 6) is 2.87. The maximum absolute atomic E-state index is 15.9. The van der Waals surface area contributed by atoms with Gasteiger partial charge < -0.3 is 19.3 Å². The number of carbonyl (C=O) groups is 2. The minimum Gasteiger partial charge on any atom is -0.491 e. The lowest BCUT2D eigenvalue weighted by Crippen LogP contribution is -2.32. The third-order valence-corrected chi connectivity index (χ3v) is 22.5. The van der Waals surface area contributed by atoms with Crippen molar-refractivity contribution in [1.29, 1.82) is 0 Å². The van der Waals surface area contributed by atoms with Crippen molar-refractivity contribution in [2.45, 2.75) is 287 Å². The molecule has 2 aliphatic heterocycles. The predicted octanol–water partition coefficient (Wildman–Crippen LogP) is 24.5. The summed E-state index contributed by atoms with van der Waals surface area (Å²) in [5, 5.41) is 2.31. The molecule has 6 nitrogen and oxygen atoms in total. The first-order chi connectivity index (χ1) is 41.2. The monoisotopic (exact) mass is 1220 g/mol. The van der Waals surface area contributed by atoms with E-state index < -0.39 is 0 Å². The number of hydrogen-bond acceptors (Lipinski definition) is 8. The number of nitrogens with zero attached hydrogens (tertiary/aromatic N) is 2. The first-order valence-electron chi connectivity index (χ1n) is 34.7. The lowest BCUT2D eigenvalue weighted by Gasteiger charge is -2.27. The quantitative estimate of drug-likeness (QED) is 0.0364. The van der Waals surface area contributed by atoms with Gasteiger partial charge in [0.25, 0.3) is 11.8 Å². The average molecular weight is 1220 g/mol. The molecule has 7 rings (SSSR count). The molecule has 466 valence electrons. The van der Waals surface area contributed by atoms with Crippen LogP contribution < -0.4 is 9.47 Å². The van der Waals surface area contributed by atoms with E-state index in [0.717, 1.165) is 123 Å².